The Morgan fingerprint density at radius 3 is 2.53 bits per heavy atom. The zero-order valence-corrected chi connectivity index (χ0v) is 11.0. The Kier molecular flexibility index (Phi) is 3.34. The van der Waals surface area contributed by atoms with Crippen LogP contribution in [0.4, 0.5) is 4.79 Å². The molecule has 1 unspecified atom stereocenters. The molecule has 4 nitrogen and oxygen atoms in total. The Morgan fingerprint density at radius 2 is 1.88 bits per heavy atom. The van der Waals surface area contributed by atoms with Crippen LogP contribution in [0.2, 0.25) is 0 Å². The van der Waals surface area contributed by atoms with Crippen LogP contribution in [0.25, 0.3) is 0 Å². The van der Waals surface area contributed by atoms with E-state index >= 15 is 0 Å². The van der Waals surface area contributed by atoms with Crippen molar-refractivity contribution >= 4 is 6.09 Å². The van der Waals surface area contributed by atoms with E-state index in [0.717, 1.165) is 32.4 Å². The van der Waals surface area contributed by atoms with Gasteiger partial charge in [-0.2, -0.15) is 0 Å². The van der Waals surface area contributed by atoms with Crippen molar-refractivity contribution in [2.45, 2.75) is 51.7 Å². The third-order valence-electron chi connectivity index (χ3n) is 3.67. The van der Waals surface area contributed by atoms with Crippen LogP contribution in [0, 0.1) is 11.8 Å². The normalized spacial score (nSPS) is 33.4. The van der Waals surface area contributed by atoms with Gasteiger partial charge in [-0.05, 0) is 51.9 Å². The second kappa shape index (κ2) is 4.48. The van der Waals surface area contributed by atoms with Crippen LogP contribution in [0.5, 0.6) is 0 Å². The summed E-state index contributed by atoms with van der Waals surface area (Å²) in [4.78, 5) is 13.7. The zero-order valence-electron chi connectivity index (χ0n) is 11.0. The molecule has 0 aromatic carbocycles. The number of ether oxygens (including phenoxy) is 1. The first kappa shape index (κ1) is 12.7. The number of rotatable bonds is 0. The van der Waals surface area contributed by atoms with Gasteiger partial charge in [-0.3, -0.25) is 0 Å². The largest absolute Gasteiger partial charge is 0.444 e. The molecule has 17 heavy (non-hydrogen) atoms. The van der Waals surface area contributed by atoms with Crippen LogP contribution < -0.4 is 0 Å². The minimum absolute atomic E-state index is 0.171. The number of carbonyl (C=O) groups excluding carboxylic acids is 1. The molecule has 1 aliphatic carbocycles. The second-order valence-electron chi connectivity index (χ2n) is 6.37. The highest BCUT2D eigenvalue weighted by molar-refractivity contribution is 5.68. The molecule has 0 radical (unpaired) electrons. The third-order valence-corrected chi connectivity index (χ3v) is 3.67. The van der Waals surface area contributed by atoms with Gasteiger partial charge in [0.05, 0.1) is 6.10 Å². The maximum atomic E-state index is 11.9. The molecule has 0 aromatic rings. The first-order valence-electron chi connectivity index (χ1n) is 6.51. The predicted octanol–water partition coefficient (Wildman–Crippen LogP) is 2.01. The zero-order chi connectivity index (χ0) is 12.6. The molecule has 1 N–H and O–H groups in total. The SMILES string of the molecule is CC(C)(C)OC(=O)N1C[C@H]2CCC(O)C[C@H]2C1. The minimum Gasteiger partial charge on any atom is -0.444 e. The molecule has 2 aliphatic rings. The summed E-state index contributed by atoms with van der Waals surface area (Å²) < 4.78 is 5.38. The highest BCUT2D eigenvalue weighted by Crippen LogP contribution is 2.36. The van der Waals surface area contributed by atoms with E-state index in [0.29, 0.717) is 11.8 Å². The van der Waals surface area contributed by atoms with E-state index in [1.54, 1.807) is 4.90 Å². The van der Waals surface area contributed by atoms with Gasteiger partial charge in [0.15, 0.2) is 0 Å². The fourth-order valence-corrected chi connectivity index (χ4v) is 2.88. The van der Waals surface area contributed by atoms with Gasteiger partial charge in [0.1, 0.15) is 5.60 Å². The van der Waals surface area contributed by atoms with E-state index < -0.39 is 5.60 Å². The maximum Gasteiger partial charge on any atom is 0.410 e. The maximum absolute atomic E-state index is 11.9. The van der Waals surface area contributed by atoms with Gasteiger partial charge < -0.3 is 14.7 Å². The monoisotopic (exact) mass is 241 g/mol. The number of aliphatic hydroxyl groups is 1. The van der Waals surface area contributed by atoms with E-state index in [1.165, 1.54) is 0 Å². The summed E-state index contributed by atoms with van der Waals surface area (Å²) in [6, 6.07) is 0. The molecule has 0 spiro atoms. The van der Waals surface area contributed by atoms with Crippen LogP contribution in [-0.4, -0.2) is 40.9 Å². The molecule has 4 heteroatoms. The van der Waals surface area contributed by atoms with Gasteiger partial charge in [0.2, 0.25) is 0 Å². The average molecular weight is 241 g/mol. The Bertz CT molecular complexity index is 298. The number of nitrogens with zero attached hydrogens (tertiary/aromatic N) is 1. The summed E-state index contributed by atoms with van der Waals surface area (Å²) in [7, 11) is 0. The molecule has 1 amide bonds. The first-order valence-corrected chi connectivity index (χ1v) is 6.51. The summed E-state index contributed by atoms with van der Waals surface area (Å²) in [6.07, 6.45) is 2.37. The van der Waals surface area contributed by atoms with Crippen molar-refractivity contribution in [3.8, 4) is 0 Å². The van der Waals surface area contributed by atoms with Gasteiger partial charge in [-0.15, -0.1) is 0 Å². The smallest absolute Gasteiger partial charge is 0.410 e. The fourth-order valence-electron chi connectivity index (χ4n) is 2.88. The van der Waals surface area contributed by atoms with Crippen molar-refractivity contribution in [3.63, 3.8) is 0 Å². The minimum atomic E-state index is -0.426. The van der Waals surface area contributed by atoms with E-state index in [2.05, 4.69) is 0 Å². The molecule has 1 saturated heterocycles. The lowest BCUT2D eigenvalue weighted by Crippen LogP contribution is -2.35. The quantitative estimate of drug-likeness (QED) is 0.706. The molecule has 0 bridgehead atoms. The van der Waals surface area contributed by atoms with Gasteiger partial charge >= 0.3 is 6.09 Å². The number of likely N-dealkylation sites (tertiary alicyclic amines) is 1. The lowest BCUT2D eigenvalue weighted by molar-refractivity contribution is 0.0282. The molecule has 3 atom stereocenters. The van der Waals surface area contributed by atoms with E-state index in [-0.39, 0.29) is 12.2 Å². The van der Waals surface area contributed by atoms with E-state index in [4.69, 9.17) is 4.74 Å². The Morgan fingerprint density at radius 1 is 1.24 bits per heavy atom. The number of hydrogen-bond donors (Lipinski definition) is 1. The van der Waals surface area contributed by atoms with Gasteiger partial charge in [0.25, 0.3) is 0 Å². The summed E-state index contributed by atoms with van der Waals surface area (Å²) in [6.45, 7) is 7.20. The molecule has 2 fully saturated rings. The standard InChI is InChI=1S/C13H23NO3/c1-13(2,3)17-12(16)14-7-9-4-5-11(15)6-10(9)8-14/h9-11,15H,4-8H2,1-3H3/t9-,10+,11?/m1/s1. The number of fused-ring (bicyclic) bond motifs is 1. The van der Waals surface area contributed by atoms with Crippen LogP contribution in [0.3, 0.4) is 0 Å². The van der Waals surface area contributed by atoms with Crippen molar-refractivity contribution in [2.24, 2.45) is 11.8 Å². The van der Waals surface area contributed by atoms with Crippen LogP contribution in [-0.2, 0) is 4.74 Å². The molecule has 1 saturated carbocycles. The van der Waals surface area contributed by atoms with Crippen molar-refractivity contribution in [1.82, 2.24) is 4.90 Å². The van der Waals surface area contributed by atoms with Gasteiger partial charge in [-0.1, -0.05) is 0 Å². The van der Waals surface area contributed by atoms with Gasteiger partial charge in [0, 0.05) is 13.1 Å². The second-order valence-corrected chi connectivity index (χ2v) is 6.37. The van der Waals surface area contributed by atoms with Crippen molar-refractivity contribution in [3.05, 3.63) is 0 Å². The lowest BCUT2D eigenvalue weighted by atomic mass is 9.80. The molecule has 1 aliphatic heterocycles. The van der Waals surface area contributed by atoms with Crippen LogP contribution >= 0.6 is 0 Å². The number of hydrogen-bond acceptors (Lipinski definition) is 3. The van der Waals surface area contributed by atoms with Crippen molar-refractivity contribution in [2.75, 3.05) is 13.1 Å². The van der Waals surface area contributed by atoms with Crippen LogP contribution in [0.1, 0.15) is 40.0 Å². The Balaban J connectivity index is 1.91. The lowest BCUT2D eigenvalue weighted by Gasteiger charge is -2.27. The van der Waals surface area contributed by atoms with E-state index in [1.807, 2.05) is 20.8 Å². The van der Waals surface area contributed by atoms with Gasteiger partial charge in [-0.25, -0.2) is 4.79 Å². The molecular weight excluding hydrogens is 218 g/mol. The average Bonchev–Trinajstić information content (AvgIpc) is 2.57. The highest BCUT2D eigenvalue weighted by Gasteiger charge is 2.40. The highest BCUT2D eigenvalue weighted by atomic mass is 16.6. The molecule has 98 valence electrons. The first-order chi connectivity index (χ1) is 7.85. The molecule has 0 aromatic heterocycles. The molecule has 2 rings (SSSR count). The Labute approximate surface area is 103 Å². The van der Waals surface area contributed by atoms with Crippen LogP contribution in [0.15, 0.2) is 0 Å². The van der Waals surface area contributed by atoms with Crippen molar-refractivity contribution < 1.29 is 14.6 Å². The number of carbonyl (C=O) groups is 1. The molecule has 1 heterocycles. The molecular formula is C13H23NO3. The summed E-state index contributed by atoms with van der Waals surface area (Å²) >= 11 is 0. The summed E-state index contributed by atoms with van der Waals surface area (Å²) in [5, 5.41) is 9.63. The topological polar surface area (TPSA) is 49.8 Å². The van der Waals surface area contributed by atoms with Crippen molar-refractivity contribution in [1.29, 1.82) is 0 Å². The number of aliphatic hydroxyl groups excluding tert-OH is 1. The fraction of sp³-hybridized carbons (Fsp3) is 0.923. The summed E-state index contributed by atoms with van der Waals surface area (Å²) in [5.74, 6) is 1.03. The Hall–Kier alpha value is -0.770. The number of amides is 1. The third kappa shape index (κ3) is 3.12. The van der Waals surface area contributed by atoms with E-state index in [9.17, 15) is 9.90 Å². The predicted molar refractivity (Wildman–Crippen MR) is 64.6 cm³/mol. The summed E-state index contributed by atoms with van der Waals surface area (Å²) in [5.41, 5.74) is -0.426.